The lowest BCUT2D eigenvalue weighted by Crippen LogP contribution is -2.25. The van der Waals surface area contributed by atoms with Crippen LogP contribution in [0.15, 0.2) is 42.7 Å². The van der Waals surface area contributed by atoms with Crippen molar-refractivity contribution >= 4 is 16.7 Å². The Labute approximate surface area is 116 Å². The van der Waals surface area contributed by atoms with Gasteiger partial charge in [0.15, 0.2) is 11.9 Å². The average molecular weight is 266 g/mol. The molecule has 5 heteroatoms. The zero-order chi connectivity index (χ0) is 13.5. The Balaban J connectivity index is 1.76. The average Bonchev–Trinajstić information content (AvgIpc) is 2.84. The summed E-state index contributed by atoms with van der Waals surface area (Å²) < 4.78 is 8.13. The number of nitrogens with zero attached hydrogens (tertiary/aromatic N) is 3. The molecule has 1 aromatic carbocycles. The first-order valence-corrected chi connectivity index (χ1v) is 6.59. The topological polar surface area (TPSA) is 52.0 Å². The summed E-state index contributed by atoms with van der Waals surface area (Å²) in [6, 6.07) is 9.93. The molecule has 0 aliphatic carbocycles. The number of para-hydroxylation sites is 2. The van der Waals surface area contributed by atoms with E-state index in [2.05, 4.69) is 19.9 Å². The Morgan fingerprint density at radius 1 is 1.30 bits per heavy atom. The van der Waals surface area contributed by atoms with Crippen LogP contribution in [0.3, 0.4) is 0 Å². The Bertz CT molecular complexity index is 780. The van der Waals surface area contributed by atoms with Crippen LogP contribution in [-0.2, 0) is 7.05 Å². The molecule has 1 unspecified atom stereocenters. The molecule has 5 nitrogen and oxygen atoms in total. The molecule has 2 aromatic heterocycles. The van der Waals surface area contributed by atoms with Gasteiger partial charge in [0.2, 0.25) is 0 Å². The molecule has 0 radical (unpaired) electrons. The first kappa shape index (κ1) is 11.3. The van der Waals surface area contributed by atoms with Crippen LogP contribution in [-0.4, -0.2) is 21.1 Å². The fourth-order valence-electron chi connectivity index (χ4n) is 2.62. The zero-order valence-electron chi connectivity index (χ0n) is 11.1. The molecule has 0 amide bonds. The maximum Gasteiger partial charge on any atom is 0.173 e. The molecule has 0 spiro atoms. The predicted molar refractivity (Wildman–Crippen MR) is 76.8 cm³/mol. The van der Waals surface area contributed by atoms with E-state index >= 15 is 0 Å². The number of aromatic nitrogens is 3. The molecule has 20 heavy (non-hydrogen) atoms. The summed E-state index contributed by atoms with van der Waals surface area (Å²) in [5.41, 5.74) is 2.99. The Morgan fingerprint density at radius 3 is 3.10 bits per heavy atom. The minimum absolute atomic E-state index is 0.0951. The van der Waals surface area contributed by atoms with Crippen LogP contribution in [0.5, 0.6) is 5.75 Å². The van der Waals surface area contributed by atoms with Gasteiger partial charge in [0.25, 0.3) is 0 Å². The third-order valence-electron chi connectivity index (χ3n) is 3.64. The number of nitrogens with one attached hydrogen (secondary N) is 1. The zero-order valence-corrected chi connectivity index (χ0v) is 11.1. The van der Waals surface area contributed by atoms with Crippen LogP contribution in [0.4, 0.5) is 5.69 Å². The predicted octanol–water partition coefficient (Wildman–Crippen LogP) is 2.51. The molecule has 1 atom stereocenters. The van der Waals surface area contributed by atoms with Crippen LogP contribution in [0, 0.1) is 0 Å². The number of aryl methyl sites for hydroxylation is 1. The highest BCUT2D eigenvalue weighted by molar-refractivity contribution is 5.74. The fourth-order valence-corrected chi connectivity index (χ4v) is 2.62. The van der Waals surface area contributed by atoms with Gasteiger partial charge >= 0.3 is 0 Å². The first-order valence-electron chi connectivity index (χ1n) is 6.59. The smallest absolute Gasteiger partial charge is 0.173 e. The van der Waals surface area contributed by atoms with Gasteiger partial charge in [-0.3, -0.25) is 4.98 Å². The lowest BCUT2D eigenvalue weighted by molar-refractivity contribution is 0.197. The number of fused-ring (bicyclic) bond motifs is 2. The summed E-state index contributed by atoms with van der Waals surface area (Å²) in [5, 5.41) is 3.39. The van der Waals surface area contributed by atoms with Crippen LogP contribution >= 0.6 is 0 Å². The van der Waals surface area contributed by atoms with Crippen molar-refractivity contribution in [3.63, 3.8) is 0 Å². The van der Waals surface area contributed by atoms with Gasteiger partial charge in [-0.25, -0.2) is 4.98 Å². The van der Waals surface area contributed by atoms with E-state index in [0.717, 1.165) is 28.3 Å². The van der Waals surface area contributed by atoms with E-state index in [1.807, 2.05) is 37.4 Å². The van der Waals surface area contributed by atoms with Crippen molar-refractivity contribution in [2.24, 2.45) is 7.05 Å². The molecule has 1 aliphatic rings. The van der Waals surface area contributed by atoms with Gasteiger partial charge in [-0.2, -0.15) is 0 Å². The minimum atomic E-state index is -0.0951. The number of pyridine rings is 1. The highest BCUT2D eigenvalue weighted by atomic mass is 16.5. The van der Waals surface area contributed by atoms with Gasteiger partial charge in [0, 0.05) is 13.2 Å². The third kappa shape index (κ3) is 1.63. The van der Waals surface area contributed by atoms with E-state index in [0.29, 0.717) is 6.54 Å². The molecule has 0 saturated carbocycles. The van der Waals surface area contributed by atoms with Gasteiger partial charge in [0.05, 0.1) is 23.9 Å². The second-order valence-electron chi connectivity index (χ2n) is 4.88. The highest BCUT2D eigenvalue weighted by Gasteiger charge is 2.25. The van der Waals surface area contributed by atoms with E-state index in [-0.39, 0.29) is 6.10 Å². The molecule has 100 valence electrons. The summed E-state index contributed by atoms with van der Waals surface area (Å²) in [7, 11) is 2.01. The molecule has 3 heterocycles. The van der Waals surface area contributed by atoms with Crippen molar-refractivity contribution in [2.45, 2.75) is 6.10 Å². The normalized spacial score (nSPS) is 17.4. The van der Waals surface area contributed by atoms with E-state index in [1.165, 1.54) is 0 Å². The van der Waals surface area contributed by atoms with Crippen molar-refractivity contribution in [1.29, 1.82) is 0 Å². The molecular weight excluding hydrogens is 252 g/mol. The largest absolute Gasteiger partial charge is 0.478 e. The number of imidazole rings is 1. The van der Waals surface area contributed by atoms with Gasteiger partial charge < -0.3 is 14.6 Å². The summed E-state index contributed by atoms with van der Waals surface area (Å²) in [4.78, 5) is 8.76. The van der Waals surface area contributed by atoms with Gasteiger partial charge in [-0.1, -0.05) is 12.1 Å². The highest BCUT2D eigenvalue weighted by Crippen LogP contribution is 2.33. The summed E-state index contributed by atoms with van der Waals surface area (Å²) >= 11 is 0. The van der Waals surface area contributed by atoms with E-state index in [9.17, 15) is 0 Å². The maximum absolute atomic E-state index is 6.06. The number of hydrogen-bond acceptors (Lipinski definition) is 4. The lowest BCUT2D eigenvalue weighted by atomic mass is 10.2. The van der Waals surface area contributed by atoms with Crippen LogP contribution < -0.4 is 10.1 Å². The second kappa shape index (κ2) is 4.23. The van der Waals surface area contributed by atoms with E-state index in [1.54, 1.807) is 12.4 Å². The second-order valence-corrected chi connectivity index (χ2v) is 4.88. The number of ether oxygens (including phenoxy) is 1. The number of anilines is 1. The fraction of sp³-hybridized carbons (Fsp3) is 0.200. The molecule has 0 fully saturated rings. The quantitative estimate of drug-likeness (QED) is 0.735. The number of rotatable bonds is 1. The maximum atomic E-state index is 6.06. The standard InChI is InChI=1S/C15H14N4O/c1-19-12-6-7-16-8-11(12)18-15(19)14-9-17-10-4-2-3-5-13(10)20-14/h2-8,14,17H,9H2,1H3. The molecule has 4 rings (SSSR count). The Hall–Kier alpha value is -2.56. The molecule has 1 aliphatic heterocycles. The van der Waals surface area contributed by atoms with Crippen LogP contribution in [0.1, 0.15) is 11.9 Å². The molecular formula is C15H14N4O. The van der Waals surface area contributed by atoms with E-state index < -0.39 is 0 Å². The van der Waals surface area contributed by atoms with Gasteiger partial charge in [-0.05, 0) is 18.2 Å². The monoisotopic (exact) mass is 266 g/mol. The van der Waals surface area contributed by atoms with E-state index in [4.69, 9.17) is 4.74 Å². The van der Waals surface area contributed by atoms with Crippen molar-refractivity contribution < 1.29 is 4.74 Å². The van der Waals surface area contributed by atoms with Crippen molar-refractivity contribution in [1.82, 2.24) is 14.5 Å². The molecule has 0 saturated heterocycles. The summed E-state index contributed by atoms with van der Waals surface area (Å²) in [6.07, 6.45) is 3.47. The molecule has 1 N–H and O–H groups in total. The van der Waals surface area contributed by atoms with Gasteiger partial charge in [-0.15, -0.1) is 0 Å². The van der Waals surface area contributed by atoms with Crippen LogP contribution in [0.25, 0.3) is 11.0 Å². The first-order chi connectivity index (χ1) is 9.83. The Morgan fingerprint density at radius 2 is 2.20 bits per heavy atom. The summed E-state index contributed by atoms with van der Waals surface area (Å²) in [5.74, 6) is 1.78. The number of benzene rings is 1. The lowest BCUT2D eigenvalue weighted by Gasteiger charge is -2.26. The van der Waals surface area contributed by atoms with Gasteiger partial charge in [0.1, 0.15) is 11.3 Å². The Kier molecular flexibility index (Phi) is 2.39. The number of hydrogen-bond donors (Lipinski definition) is 1. The molecule has 3 aromatic rings. The van der Waals surface area contributed by atoms with Crippen molar-refractivity contribution in [2.75, 3.05) is 11.9 Å². The van der Waals surface area contributed by atoms with Crippen LogP contribution in [0.2, 0.25) is 0 Å². The SMILES string of the molecule is Cn1c(C2CNc3ccccc3O2)nc2cnccc21. The van der Waals surface area contributed by atoms with Crippen molar-refractivity contribution in [3.05, 3.63) is 48.5 Å². The minimum Gasteiger partial charge on any atom is -0.478 e. The third-order valence-corrected chi connectivity index (χ3v) is 3.64. The summed E-state index contributed by atoms with van der Waals surface area (Å²) in [6.45, 7) is 0.710. The molecule has 0 bridgehead atoms. The van der Waals surface area contributed by atoms with Crippen molar-refractivity contribution in [3.8, 4) is 5.75 Å².